The molecule has 0 unspecified atom stereocenters. The minimum atomic E-state index is -0.151. The number of carbonyl (C=O) groups excluding carboxylic acids is 1. The summed E-state index contributed by atoms with van der Waals surface area (Å²) >= 11 is 2.62. The standard InChI is InChI=1S/C19H17N5OS2/c1-11-7-8-15-16(12(11)2)21-19(26-15)24(10-14-6-4-5-9-20-14)18(25)17-13(3)22-23-27-17/h4-9H,10H2,1-3H3. The first-order valence-electron chi connectivity index (χ1n) is 8.42. The van der Waals surface area contributed by atoms with Crippen molar-refractivity contribution in [3.8, 4) is 0 Å². The van der Waals surface area contributed by atoms with Gasteiger partial charge in [-0.1, -0.05) is 28.0 Å². The van der Waals surface area contributed by atoms with Gasteiger partial charge in [-0.15, -0.1) is 5.10 Å². The van der Waals surface area contributed by atoms with Crippen LogP contribution in [0.3, 0.4) is 0 Å². The molecule has 0 aliphatic heterocycles. The highest BCUT2D eigenvalue weighted by Crippen LogP contribution is 2.33. The van der Waals surface area contributed by atoms with Crippen LogP contribution in [0.5, 0.6) is 0 Å². The highest BCUT2D eigenvalue weighted by atomic mass is 32.1. The van der Waals surface area contributed by atoms with Gasteiger partial charge in [0.05, 0.1) is 28.1 Å². The molecule has 0 N–H and O–H groups in total. The maximum Gasteiger partial charge on any atom is 0.274 e. The van der Waals surface area contributed by atoms with Crippen molar-refractivity contribution in [1.82, 2.24) is 19.6 Å². The Bertz CT molecular complexity index is 1120. The third-order valence-electron chi connectivity index (χ3n) is 4.44. The van der Waals surface area contributed by atoms with Crippen molar-refractivity contribution in [3.63, 3.8) is 0 Å². The average Bonchev–Trinajstić information content (AvgIpc) is 3.30. The summed E-state index contributed by atoms with van der Waals surface area (Å²) in [5.41, 5.74) is 4.69. The van der Waals surface area contributed by atoms with Crippen LogP contribution in [0.4, 0.5) is 5.13 Å². The minimum Gasteiger partial charge on any atom is -0.277 e. The second-order valence-electron chi connectivity index (χ2n) is 6.25. The quantitative estimate of drug-likeness (QED) is 0.515. The van der Waals surface area contributed by atoms with Crippen LogP contribution in [-0.2, 0) is 6.54 Å². The van der Waals surface area contributed by atoms with Crippen molar-refractivity contribution >= 4 is 44.1 Å². The van der Waals surface area contributed by atoms with E-state index in [-0.39, 0.29) is 5.91 Å². The van der Waals surface area contributed by atoms with E-state index in [0.29, 0.717) is 22.2 Å². The van der Waals surface area contributed by atoms with Gasteiger partial charge in [-0.05, 0) is 61.6 Å². The number of hydrogen-bond acceptors (Lipinski definition) is 7. The first-order chi connectivity index (χ1) is 13.0. The molecule has 6 nitrogen and oxygen atoms in total. The van der Waals surface area contributed by atoms with Crippen LogP contribution in [0.15, 0.2) is 36.5 Å². The van der Waals surface area contributed by atoms with Gasteiger partial charge < -0.3 is 0 Å². The van der Waals surface area contributed by atoms with Crippen LogP contribution in [0.25, 0.3) is 10.2 Å². The molecule has 4 rings (SSSR count). The zero-order chi connectivity index (χ0) is 19.0. The van der Waals surface area contributed by atoms with Gasteiger partial charge in [0.2, 0.25) is 0 Å². The molecule has 3 aromatic heterocycles. The molecular formula is C19H17N5OS2. The van der Waals surface area contributed by atoms with Gasteiger partial charge in [-0.2, -0.15) is 0 Å². The highest BCUT2D eigenvalue weighted by Gasteiger charge is 2.26. The summed E-state index contributed by atoms with van der Waals surface area (Å²) in [6, 6.07) is 9.82. The monoisotopic (exact) mass is 395 g/mol. The molecule has 1 aromatic carbocycles. The summed E-state index contributed by atoms with van der Waals surface area (Å²) in [7, 11) is 0. The van der Waals surface area contributed by atoms with Crippen molar-refractivity contribution < 1.29 is 4.79 Å². The highest BCUT2D eigenvalue weighted by molar-refractivity contribution is 7.22. The molecule has 0 radical (unpaired) electrons. The maximum atomic E-state index is 13.3. The number of hydrogen-bond donors (Lipinski definition) is 0. The van der Waals surface area contributed by atoms with E-state index in [1.54, 1.807) is 18.0 Å². The Morgan fingerprint density at radius 1 is 1.15 bits per heavy atom. The zero-order valence-corrected chi connectivity index (χ0v) is 16.8. The van der Waals surface area contributed by atoms with Crippen LogP contribution in [0.1, 0.15) is 32.2 Å². The van der Waals surface area contributed by atoms with E-state index in [9.17, 15) is 4.79 Å². The van der Waals surface area contributed by atoms with Gasteiger partial charge in [-0.3, -0.25) is 14.7 Å². The molecule has 0 bridgehead atoms. The Kier molecular flexibility index (Phi) is 4.67. The van der Waals surface area contributed by atoms with Gasteiger partial charge in [0.15, 0.2) is 5.13 Å². The summed E-state index contributed by atoms with van der Waals surface area (Å²) < 4.78 is 4.97. The molecule has 8 heteroatoms. The second kappa shape index (κ2) is 7.13. The number of amides is 1. The number of thiazole rings is 1. The number of fused-ring (bicyclic) bond motifs is 1. The number of aromatic nitrogens is 4. The van der Waals surface area contributed by atoms with Gasteiger partial charge in [0, 0.05) is 6.20 Å². The lowest BCUT2D eigenvalue weighted by molar-refractivity contribution is 0.0988. The Morgan fingerprint density at radius 3 is 2.70 bits per heavy atom. The number of carbonyl (C=O) groups is 1. The Labute approximate surface area is 164 Å². The van der Waals surface area contributed by atoms with E-state index in [4.69, 9.17) is 4.98 Å². The van der Waals surface area contributed by atoms with Gasteiger partial charge >= 0.3 is 0 Å². The lowest BCUT2D eigenvalue weighted by Crippen LogP contribution is -2.30. The van der Waals surface area contributed by atoms with Crippen molar-refractivity contribution in [2.24, 2.45) is 0 Å². The molecule has 0 aliphatic carbocycles. The van der Waals surface area contributed by atoms with E-state index < -0.39 is 0 Å². The topological polar surface area (TPSA) is 71.9 Å². The van der Waals surface area contributed by atoms with Crippen molar-refractivity contribution in [1.29, 1.82) is 0 Å². The fourth-order valence-corrected chi connectivity index (χ4v) is 4.39. The van der Waals surface area contributed by atoms with Crippen molar-refractivity contribution in [2.45, 2.75) is 27.3 Å². The molecule has 0 atom stereocenters. The summed E-state index contributed by atoms with van der Waals surface area (Å²) in [5.74, 6) is -0.151. The predicted molar refractivity (Wildman–Crippen MR) is 108 cm³/mol. The van der Waals surface area contributed by atoms with E-state index in [1.165, 1.54) is 16.9 Å². The van der Waals surface area contributed by atoms with Crippen LogP contribution < -0.4 is 4.90 Å². The van der Waals surface area contributed by atoms with E-state index in [2.05, 4.69) is 40.6 Å². The molecule has 27 heavy (non-hydrogen) atoms. The lowest BCUT2D eigenvalue weighted by atomic mass is 10.1. The van der Waals surface area contributed by atoms with Gasteiger partial charge in [-0.25, -0.2) is 4.98 Å². The Morgan fingerprint density at radius 2 is 2.00 bits per heavy atom. The molecule has 4 aromatic rings. The van der Waals surface area contributed by atoms with Crippen LogP contribution in [0, 0.1) is 20.8 Å². The SMILES string of the molecule is Cc1ccc2sc(N(Cc3ccccn3)C(=O)c3snnc3C)nc2c1C. The molecule has 3 heterocycles. The number of benzene rings is 1. The van der Waals surface area contributed by atoms with Crippen molar-refractivity contribution in [3.05, 3.63) is 63.9 Å². The number of nitrogens with zero attached hydrogens (tertiary/aromatic N) is 5. The van der Waals surface area contributed by atoms with Crippen LogP contribution in [-0.4, -0.2) is 25.5 Å². The first kappa shape index (κ1) is 17.7. The molecule has 0 saturated heterocycles. The minimum absolute atomic E-state index is 0.151. The Hall–Kier alpha value is -2.71. The number of pyridine rings is 1. The molecule has 0 fully saturated rings. The van der Waals surface area contributed by atoms with Crippen LogP contribution in [0.2, 0.25) is 0 Å². The summed E-state index contributed by atoms with van der Waals surface area (Å²) in [6.07, 6.45) is 1.73. The fraction of sp³-hybridized carbons (Fsp3) is 0.211. The number of aryl methyl sites for hydroxylation is 3. The third kappa shape index (κ3) is 3.33. The van der Waals surface area contributed by atoms with E-state index in [0.717, 1.165) is 33.0 Å². The molecule has 0 saturated carbocycles. The first-order valence-corrected chi connectivity index (χ1v) is 10.0. The molecule has 136 valence electrons. The number of rotatable bonds is 4. The summed E-state index contributed by atoms with van der Waals surface area (Å²) in [4.78, 5) is 24.6. The second-order valence-corrected chi connectivity index (χ2v) is 8.01. The number of anilines is 1. The molecule has 0 aliphatic rings. The maximum absolute atomic E-state index is 13.3. The molecular weight excluding hydrogens is 378 g/mol. The average molecular weight is 396 g/mol. The van der Waals surface area contributed by atoms with Crippen LogP contribution >= 0.6 is 22.9 Å². The fourth-order valence-electron chi connectivity index (χ4n) is 2.76. The van der Waals surface area contributed by atoms with Gasteiger partial charge in [0.25, 0.3) is 5.91 Å². The van der Waals surface area contributed by atoms with E-state index in [1.807, 2.05) is 18.2 Å². The zero-order valence-electron chi connectivity index (χ0n) is 15.1. The predicted octanol–water partition coefficient (Wildman–Crippen LogP) is 4.32. The summed E-state index contributed by atoms with van der Waals surface area (Å²) in [5, 5.41) is 4.63. The smallest absolute Gasteiger partial charge is 0.274 e. The largest absolute Gasteiger partial charge is 0.277 e. The summed E-state index contributed by atoms with van der Waals surface area (Å²) in [6.45, 7) is 6.26. The van der Waals surface area contributed by atoms with E-state index >= 15 is 0 Å². The molecule has 0 spiro atoms. The van der Waals surface area contributed by atoms with Gasteiger partial charge in [0.1, 0.15) is 4.88 Å². The molecule has 1 amide bonds. The normalized spacial score (nSPS) is 11.1. The van der Waals surface area contributed by atoms with Crippen molar-refractivity contribution in [2.75, 3.05) is 4.90 Å². The lowest BCUT2D eigenvalue weighted by Gasteiger charge is -2.18. The Balaban J connectivity index is 1.81. The third-order valence-corrected chi connectivity index (χ3v) is 6.30.